The summed E-state index contributed by atoms with van der Waals surface area (Å²) in [5, 5.41) is 10.2. The molecule has 2 atom stereocenters. The molecule has 1 aromatic carbocycles. The van der Waals surface area contributed by atoms with Gasteiger partial charge in [-0.05, 0) is 37.8 Å². The quantitative estimate of drug-likeness (QED) is 0.855. The van der Waals surface area contributed by atoms with Gasteiger partial charge < -0.3 is 9.84 Å². The van der Waals surface area contributed by atoms with Gasteiger partial charge in [-0.25, -0.2) is 0 Å². The molecule has 86 valence electrons. The first-order valence-corrected chi connectivity index (χ1v) is 6.54. The Bertz CT molecular complexity index is 428. The second kappa shape index (κ2) is 3.47. The average Bonchev–Trinajstić information content (AvgIpc) is 2.99. The molecule has 1 aliphatic carbocycles. The van der Waals surface area contributed by atoms with Crippen molar-refractivity contribution in [3.05, 3.63) is 28.2 Å². The predicted molar refractivity (Wildman–Crippen MR) is 65.5 cm³/mol. The zero-order chi connectivity index (χ0) is 11.3. The number of hydrogen-bond acceptors (Lipinski definition) is 2. The van der Waals surface area contributed by atoms with Crippen molar-refractivity contribution in [3.63, 3.8) is 0 Å². The van der Waals surface area contributed by atoms with Crippen molar-refractivity contribution in [2.75, 3.05) is 0 Å². The first-order chi connectivity index (χ1) is 7.58. The fourth-order valence-corrected chi connectivity index (χ4v) is 2.94. The number of halogens is 1. The highest BCUT2D eigenvalue weighted by molar-refractivity contribution is 9.10. The summed E-state index contributed by atoms with van der Waals surface area (Å²) in [4.78, 5) is 0. The lowest BCUT2D eigenvalue weighted by Gasteiger charge is -2.38. The Labute approximate surface area is 104 Å². The first-order valence-electron chi connectivity index (χ1n) is 5.75. The average molecular weight is 283 g/mol. The van der Waals surface area contributed by atoms with E-state index in [2.05, 4.69) is 22.9 Å². The molecule has 2 nitrogen and oxygen atoms in total. The van der Waals surface area contributed by atoms with Gasteiger partial charge in [-0.1, -0.05) is 22.0 Å². The second-order valence-electron chi connectivity index (χ2n) is 5.09. The van der Waals surface area contributed by atoms with Gasteiger partial charge in [0.15, 0.2) is 0 Å². The number of aliphatic hydroxyl groups excluding tert-OH is 1. The van der Waals surface area contributed by atoms with E-state index in [4.69, 9.17) is 4.74 Å². The Balaban J connectivity index is 2.00. The van der Waals surface area contributed by atoms with Crippen molar-refractivity contribution in [1.29, 1.82) is 0 Å². The Hall–Kier alpha value is -0.540. The summed E-state index contributed by atoms with van der Waals surface area (Å²) in [7, 11) is 0. The van der Waals surface area contributed by atoms with E-state index in [1.807, 2.05) is 18.2 Å². The Kier molecular flexibility index (Phi) is 2.30. The molecule has 1 fully saturated rings. The maximum atomic E-state index is 10.2. The van der Waals surface area contributed by atoms with Gasteiger partial charge in [0, 0.05) is 16.5 Å². The summed E-state index contributed by atoms with van der Waals surface area (Å²) in [6.45, 7) is 2.12. The minimum atomic E-state index is -0.387. The van der Waals surface area contributed by atoms with Crippen molar-refractivity contribution >= 4 is 15.9 Å². The van der Waals surface area contributed by atoms with E-state index in [1.54, 1.807) is 0 Å². The summed E-state index contributed by atoms with van der Waals surface area (Å²) in [6.07, 6.45) is 2.79. The van der Waals surface area contributed by atoms with Gasteiger partial charge in [-0.2, -0.15) is 0 Å². The van der Waals surface area contributed by atoms with Crippen LogP contribution in [0.3, 0.4) is 0 Å². The van der Waals surface area contributed by atoms with E-state index in [0.29, 0.717) is 12.3 Å². The van der Waals surface area contributed by atoms with Crippen LogP contribution < -0.4 is 4.74 Å². The fraction of sp³-hybridized carbons (Fsp3) is 0.538. The number of ether oxygens (including phenoxy) is 1. The normalized spacial score (nSPS) is 33.1. The molecule has 0 spiro atoms. The van der Waals surface area contributed by atoms with E-state index in [1.165, 1.54) is 12.8 Å². The van der Waals surface area contributed by atoms with E-state index in [9.17, 15) is 5.11 Å². The third-order valence-electron chi connectivity index (χ3n) is 3.72. The highest BCUT2D eigenvalue weighted by Crippen LogP contribution is 2.50. The van der Waals surface area contributed by atoms with Gasteiger partial charge in [0.2, 0.25) is 0 Å². The molecule has 1 saturated carbocycles. The van der Waals surface area contributed by atoms with E-state index in [0.717, 1.165) is 15.8 Å². The van der Waals surface area contributed by atoms with Crippen LogP contribution in [-0.2, 0) is 0 Å². The van der Waals surface area contributed by atoms with Crippen molar-refractivity contribution in [1.82, 2.24) is 0 Å². The summed E-state index contributed by atoms with van der Waals surface area (Å²) in [5.41, 5.74) is 0.744. The van der Waals surface area contributed by atoms with Gasteiger partial charge in [0.05, 0.1) is 6.10 Å². The Morgan fingerprint density at radius 2 is 2.19 bits per heavy atom. The maximum absolute atomic E-state index is 10.2. The minimum absolute atomic E-state index is 0.173. The van der Waals surface area contributed by atoms with E-state index in [-0.39, 0.29) is 11.7 Å². The fourth-order valence-electron chi connectivity index (χ4n) is 2.60. The zero-order valence-electron chi connectivity index (χ0n) is 9.24. The van der Waals surface area contributed by atoms with Crippen LogP contribution in [0.4, 0.5) is 0 Å². The van der Waals surface area contributed by atoms with Crippen LogP contribution in [-0.4, -0.2) is 10.7 Å². The molecule has 1 aromatic rings. The van der Waals surface area contributed by atoms with Crippen LogP contribution in [0.25, 0.3) is 0 Å². The van der Waals surface area contributed by atoms with E-state index >= 15 is 0 Å². The molecule has 0 aromatic heterocycles. The standard InChI is InChI=1S/C13H15BrO2/c1-13(8-2-3-8)7-11(15)10-5-4-9(14)6-12(10)16-13/h4-6,8,11,15H,2-3,7H2,1H3/t11-,13?/m0/s1. The minimum Gasteiger partial charge on any atom is -0.487 e. The third-order valence-corrected chi connectivity index (χ3v) is 4.21. The number of fused-ring (bicyclic) bond motifs is 1. The zero-order valence-corrected chi connectivity index (χ0v) is 10.8. The summed E-state index contributed by atoms with van der Waals surface area (Å²) in [6, 6.07) is 5.85. The molecule has 0 radical (unpaired) electrons. The maximum Gasteiger partial charge on any atom is 0.127 e. The van der Waals surface area contributed by atoms with Crippen molar-refractivity contribution < 1.29 is 9.84 Å². The van der Waals surface area contributed by atoms with Crippen molar-refractivity contribution in [2.45, 2.75) is 37.9 Å². The van der Waals surface area contributed by atoms with Crippen LogP contribution in [0.1, 0.15) is 37.9 Å². The lowest BCUT2D eigenvalue weighted by atomic mass is 9.87. The molecule has 1 N–H and O–H groups in total. The molecular formula is C13H15BrO2. The highest BCUT2D eigenvalue weighted by Gasteiger charge is 2.47. The van der Waals surface area contributed by atoms with Gasteiger partial charge in [-0.15, -0.1) is 0 Å². The molecule has 1 heterocycles. The molecular weight excluding hydrogens is 268 g/mol. The molecule has 0 amide bonds. The molecule has 0 saturated heterocycles. The predicted octanol–water partition coefficient (Wildman–Crippen LogP) is 3.43. The van der Waals surface area contributed by atoms with Crippen LogP contribution in [0.5, 0.6) is 5.75 Å². The number of benzene rings is 1. The topological polar surface area (TPSA) is 29.5 Å². The lowest BCUT2D eigenvalue weighted by molar-refractivity contribution is -0.0166. The summed E-state index contributed by atoms with van der Waals surface area (Å²) in [5.74, 6) is 1.46. The smallest absolute Gasteiger partial charge is 0.127 e. The van der Waals surface area contributed by atoms with Crippen LogP contribution in [0, 0.1) is 5.92 Å². The summed E-state index contributed by atoms with van der Waals surface area (Å²) >= 11 is 3.44. The van der Waals surface area contributed by atoms with E-state index < -0.39 is 0 Å². The molecule has 2 aliphatic rings. The first kappa shape index (κ1) is 10.6. The van der Waals surface area contributed by atoms with Gasteiger partial charge in [-0.3, -0.25) is 0 Å². The van der Waals surface area contributed by atoms with Gasteiger partial charge in [0.25, 0.3) is 0 Å². The van der Waals surface area contributed by atoms with Crippen LogP contribution >= 0.6 is 15.9 Å². The Morgan fingerprint density at radius 3 is 2.88 bits per heavy atom. The molecule has 16 heavy (non-hydrogen) atoms. The highest BCUT2D eigenvalue weighted by atomic mass is 79.9. The van der Waals surface area contributed by atoms with Gasteiger partial charge in [0.1, 0.15) is 11.4 Å². The molecule has 3 rings (SSSR count). The van der Waals surface area contributed by atoms with Crippen molar-refractivity contribution in [2.24, 2.45) is 5.92 Å². The number of hydrogen-bond donors (Lipinski definition) is 1. The van der Waals surface area contributed by atoms with Crippen LogP contribution in [0.2, 0.25) is 0 Å². The largest absolute Gasteiger partial charge is 0.487 e. The number of rotatable bonds is 1. The molecule has 1 unspecified atom stereocenters. The Morgan fingerprint density at radius 1 is 1.44 bits per heavy atom. The number of aliphatic hydroxyl groups is 1. The molecule has 0 bridgehead atoms. The van der Waals surface area contributed by atoms with Crippen LogP contribution in [0.15, 0.2) is 22.7 Å². The van der Waals surface area contributed by atoms with Crippen molar-refractivity contribution in [3.8, 4) is 5.75 Å². The molecule has 3 heteroatoms. The molecule has 1 aliphatic heterocycles. The third kappa shape index (κ3) is 1.66. The van der Waals surface area contributed by atoms with Gasteiger partial charge >= 0.3 is 0 Å². The monoisotopic (exact) mass is 282 g/mol. The SMILES string of the molecule is CC1(C2CC2)C[C@H](O)c2ccc(Br)cc2O1. The summed E-state index contributed by atoms with van der Waals surface area (Å²) < 4.78 is 7.10. The lowest BCUT2D eigenvalue weighted by Crippen LogP contribution is -2.40. The second-order valence-corrected chi connectivity index (χ2v) is 6.01.